The Morgan fingerprint density at radius 2 is 2.19 bits per heavy atom. The fraction of sp³-hybridized carbons (Fsp3) is 0.231. The van der Waals surface area contributed by atoms with Crippen LogP contribution in [-0.2, 0) is 4.79 Å². The number of nitrogens with zero attached hydrogens (tertiary/aromatic N) is 3. The van der Waals surface area contributed by atoms with E-state index in [1.165, 1.54) is 19.3 Å². The third-order valence-corrected chi connectivity index (χ3v) is 2.60. The van der Waals surface area contributed by atoms with Crippen LogP contribution in [0.2, 0.25) is 0 Å². The van der Waals surface area contributed by atoms with Gasteiger partial charge in [0.15, 0.2) is 5.82 Å². The summed E-state index contributed by atoms with van der Waals surface area (Å²) in [7, 11) is 1.44. The van der Waals surface area contributed by atoms with Crippen molar-refractivity contribution in [2.45, 2.75) is 6.92 Å². The van der Waals surface area contributed by atoms with Gasteiger partial charge in [-0.3, -0.25) is 9.59 Å². The highest BCUT2D eigenvalue weighted by atomic mass is 19.1. The zero-order valence-electron chi connectivity index (χ0n) is 11.5. The largest absolute Gasteiger partial charge is 0.360 e. The summed E-state index contributed by atoms with van der Waals surface area (Å²) in [6.07, 6.45) is 1.19. The molecule has 0 radical (unpaired) electrons. The van der Waals surface area contributed by atoms with Crippen molar-refractivity contribution in [3.63, 3.8) is 0 Å². The van der Waals surface area contributed by atoms with Gasteiger partial charge in [-0.2, -0.15) is 4.39 Å². The minimum atomic E-state index is -0.753. The number of aryl methyl sites for hydroxylation is 1. The number of carbonyl (C=O) groups excluding carboxylic acids is 2. The van der Waals surface area contributed by atoms with E-state index in [0.29, 0.717) is 5.76 Å². The third kappa shape index (κ3) is 3.85. The first kappa shape index (κ1) is 14.6. The number of rotatable bonds is 4. The second-order valence-corrected chi connectivity index (χ2v) is 4.40. The normalized spacial score (nSPS) is 10.2. The molecule has 2 rings (SSSR count). The van der Waals surface area contributed by atoms with Gasteiger partial charge in [0.25, 0.3) is 5.91 Å². The number of anilines is 1. The van der Waals surface area contributed by atoms with Crippen molar-refractivity contribution in [1.29, 1.82) is 0 Å². The molecule has 0 spiro atoms. The van der Waals surface area contributed by atoms with E-state index in [9.17, 15) is 14.0 Å². The van der Waals surface area contributed by atoms with E-state index in [4.69, 9.17) is 4.52 Å². The van der Waals surface area contributed by atoms with Crippen molar-refractivity contribution in [1.82, 2.24) is 15.0 Å². The van der Waals surface area contributed by atoms with Crippen molar-refractivity contribution in [2.75, 3.05) is 18.9 Å². The first-order valence-electron chi connectivity index (χ1n) is 6.06. The fourth-order valence-corrected chi connectivity index (χ4v) is 1.65. The lowest BCUT2D eigenvalue weighted by Gasteiger charge is -2.16. The quantitative estimate of drug-likeness (QED) is 0.856. The van der Waals surface area contributed by atoms with Crippen LogP contribution < -0.4 is 5.32 Å². The molecule has 0 aromatic carbocycles. The van der Waals surface area contributed by atoms with Gasteiger partial charge in [0.05, 0.1) is 6.54 Å². The maximum atomic E-state index is 13.0. The van der Waals surface area contributed by atoms with Crippen LogP contribution in [0.3, 0.4) is 0 Å². The monoisotopic (exact) mass is 292 g/mol. The smallest absolute Gasteiger partial charge is 0.254 e. The van der Waals surface area contributed by atoms with Crippen molar-refractivity contribution in [2.24, 2.45) is 0 Å². The molecule has 1 N–H and O–H groups in total. The van der Waals surface area contributed by atoms with Crippen molar-refractivity contribution in [3.05, 3.63) is 41.7 Å². The number of aromatic nitrogens is 2. The number of amides is 2. The number of hydrogen-bond donors (Lipinski definition) is 1. The van der Waals surface area contributed by atoms with Gasteiger partial charge >= 0.3 is 0 Å². The molecule has 2 amide bonds. The molecule has 0 fully saturated rings. The van der Waals surface area contributed by atoms with E-state index in [1.807, 2.05) is 0 Å². The van der Waals surface area contributed by atoms with Gasteiger partial charge in [0.2, 0.25) is 11.9 Å². The number of hydrogen-bond acceptors (Lipinski definition) is 5. The summed E-state index contributed by atoms with van der Waals surface area (Å²) < 4.78 is 17.8. The van der Waals surface area contributed by atoms with Gasteiger partial charge in [-0.15, -0.1) is 0 Å². The van der Waals surface area contributed by atoms with Gasteiger partial charge in [0.1, 0.15) is 5.76 Å². The Balaban J connectivity index is 1.95. The summed E-state index contributed by atoms with van der Waals surface area (Å²) in [6, 6.07) is 3.94. The molecule has 0 atom stereocenters. The second kappa shape index (κ2) is 6.12. The van der Waals surface area contributed by atoms with Gasteiger partial charge in [0, 0.05) is 30.9 Å². The van der Waals surface area contributed by atoms with Crippen molar-refractivity contribution >= 4 is 17.6 Å². The van der Waals surface area contributed by atoms with Crippen LogP contribution in [0.4, 0.5) is 10.2 Å². The van der Waals surface area contributed by atoms with E-state index in [1.54, 1.807) is 13.0 Å². The molecule has 8 heteroatoms. The molecule has 0 saturated carbocycles. The predicted octanol–water partition coefficient (Wildman–Crippen LogP) is 1.23. The lowest BCUT2D eigenvalue weighted by Crippen LogP contribution is -2.35. The lowest BCUT2D eigenvalue weighted by atomic mass is 10.2. The zero-order chi connectivity index (χ0) is 15.4. The molecule has 21 heavy (non-hydrogen) atoms. The van der Waals surface area contributed by atoms with Crippen LogP contribution in [0, 0.1) is 12.9 Å². The van der Waals surface area contributed by atoms with Crippen LogP contribution in [0.25, 0.3) is 0 Å². The molecule has 7 nitrogen and oxygen atoms in total. The molecule has 0 saturated heterocycles. The van der Waals surface area contributed by atoms with Crippen molar-refractivity contribution < 1.29 is 18.5 Å². The van der Waals surface area contributed by atoms with E-state index >= 15 is 0 Å². The predicted molar refractivity (Wildman–Crippen MR) is 71.0 cm³/mol. The molecule has 0 bridgehead atoms. The van der Waals surface area contributed by atoms with Crippen LogP contribution in [0.1, 0.15) is 16.1 Å². The summed E-state index contributed by atoms with van der Waals surface area (Å²) in [5, 5.41) is 6.10. The van der Waals surface area contributed by atoms with Crippen LogP contribution >= 0.6 is 0 Å². The maximum Gasteiger partial charge on any atom is 0.254 e. The number of carbonyl (C=O) groups is 2. The Kier molecular flexibility index (Phi) is 4.27. The first-order valence-corrected chi connectivity index (χ1v) is 6.06. The van der Waals surface area contributed by atoms with Gasteiger partial charge in [-0.25, -0.2) is 4.98 Å². The second-order valence-electron chi connectivity index (χ2n) is 4.40. The highest BCUT2D eigenvalue weighted by Crippen LogP contribution is 2.08. The molecule has 110 valence electrons. The minimum absolute atomic E-state index is 0.120. The summed E-state index contributed by atoms with van der Waals surface area (Å²) in [5.74, 6) is -0.844. The number of halogens is 1. The van der Waals surface area contributed by atoms with E-state index in [2.05, 4.69) is 15.5 Å². The molecule has 2 aromatic rings. The SMILES string of the molecule is Cc1cc(NC(=O)CN(C)C(=O)c2ccnc(F)c2)no1. The molecular weight excluding hydrogens is 279 g/mol. The Morgan fingerprint density at radius 3 is 2.81 bits per heavy atom. The average Bonchev–Trinajstić information content (AvgIpc) is 2.82. The zero-order valence-corrected chi connectivity index (χ0v) is 11.5. The Labute approximate surface area is 119 Å². The van der Waals surface area contributed by atoms with Crippen LogP contribution in [0.5, 0.6) is 0 Å². The first-order chi connectivity index (χ1) is 9.95. The molecule has 2 aromatic heterocycles. The van der Waals surface area contributed by atoms with E-state index in [-0.39, 0.29) is 17.9 Å². The number of nitrogens with one attached hydrogen (secondary N) is 1. The standard InChI is InChI=1S/C13H13FN4O3/c1-8-5-11(17-21-8)16-12(19)7-18(2)13(20)9-3-4-15-10(14)6-9/h3-6H,7H2,1-2H3,(H,16,17,19). The molecule has 0 aliphatic rings. The van der Waals surface area contributed by atoms with Crippen molar-refractivity contribution in [3.8, 4) is 0 Å². The molecule has 0 aliphatic carbocycles. The van der Waals surface area contributed by atoms with Gasteiger partial charge in [-0.1, -0.05) is 5.16 Å². The summed E-state index contributed by atoms with van der Waals surface area (Å²) >= 11 is 0. The van der Waals surface area contributed by atoms with E-state index in [0.717, 1.165) is 11.0 Å². The molecular formula is C13H13FN4O3. The van der Waals surface area contributed by atoms with E-state index < -0.39 is 17.8 Å². The lowest BCUT2D eigenvalue weighted by molar-refractivity contribution is -0.116. The maximum absolute atomic E-state index is 13.0. The number of likely N-dealkylation sites (N-methyl/N-ethyl adjacent to an activating group) is 1. The number of pyridine rings is 1. The van der Waals surface area contributed by atoms with Crippen LogP contribution in [0.15, 0.2) is 28.9 Å². The summed E-state index contributed by atoms with van der Waals surface area (Å²) in [5.41, 5.74) is 0.120. The van der Waals surface area contributed by atoms with Gasteiger partial charge in [-0.05, 0) is 13.0 Å². The highest BCUT2D eigenvalue weighted by Gasteiger charge is 2.16. The molecule has 0 aliphatic heterocycles. The topological polar surface area (TPSA) is 88.3 Å². The highest BCUT2D eigenvalue weighted by molar-refractivity contribution is 5.98. The molecule has 2 heterocycles. The summed E-state index contributed by atoms with van der Waals surface area (Å²) in [4.78, 5) is 28.3. The Hall–Kier alpha value is -2.77. The fourth-order valence-electron chi connectivity index (χ4n) is 1.65. The van der Waals surface area contributed by atoms with Gasteiger partial charge < -0.3 is 14.7 Å². The third-order valence-electron chi connectivity index (χ3n) is 2.60. The Bertz CT molecular complexity index is 671. The van der Waals surface area contributed by atoms with Crippen LogP contribution in [-0.4, -0.2) is 40.4 Å². The average molecular weight is 292 g/mol. The summed E-state index contributed by atoms with van der Waals surface area (Å²) in [6.45, 7) is 1.49. The Morgan fingerprint density at radius 1 is 1.43 bits per heavy atom. The molecule has 0 unspecified atom stereocenters. The minimum Gasteiger partial charge on any atom is -0.360 e.